The van der Waals surface area contributed by atoms with E-state index >= 15 is 0 Å². The first-order chi connectivity index (χ1) is 19.8. The maximum absolute atomic E-state index is 12.9. The molecule has 0 radical (unpaired) electrons. The molecule has 0 aromatic carbocycles. The summed E-state index contributed by atoms with van der Waals surface area (Å²) >= 11 is 0. The molecule has 0 bridgehead atoms. The number of carbonyl (C=O) groups is 5. The molecule has 0 saturated carbocycles. The van der Waals surface area contributed by atoms with Gasteiger partial charge in [0.25, 0.3) is 23.6 Å². The molecule has 0 saturated heterocycles. The van der Waals surface area contributed by atoms with Crippen LogP contribution in [-0.4, -0.2) is 69.3 Å². The van der Waals surface area contributed by atoms with E-state index in [9.17, 15) is 24.0 Å². The number of hydrogen-bond donors (Lipinski definition) is 6. The molecule has 220 valence electrons. The van der Waals surface area contributed by atoms with Crippen LogP contribution in [0.2, 0.25) is 0 Å². The number of carbonyl (C=O) groups excluding carboxylic acids is 5. The largest absolute Gasteiger partial charge is 0.397 e. The van der Waals surface area contributed by atoms with E-state index < -0.39 is 29.5 Å². The van der Waals surface area contributed by atoms with Crippen LogP contribution < -0.4 is 32.7 Å². The summed E-state index contributed by atoms with van der Waals surface area (Å²) in [5, 5.41) is 10.3. The zero-order valence-electron chi connectivity index (χ0n) is 23.1. The smallest absolute Gasteiger partial charge is 0.292 e. The maximum atomic E-state index is 12.9. The first kappa shape index (κ1) is 29.1. The van der Waals surface area contributed by atoms with Crippen molar-refractivity contribution in [3.8, 4) is 0 Å². The standard InChI is InChI=1S/C24H29N13O5/c1-34-8-12(25)7-13(34)22(40)32-15-10-37(4)21(31-15)24(42)33-16-11-36(3)20(30-16)23(41)27-6-5-17(38)28-14-9-35(2)19(29-14)18(26)39/h7-11H,5-6,25H2,1-4H3,(H2,26,39)(H,27,41)(H,28,38)(H,32,40)(H,33,42). The number of anilines is 4. The van der Waals surface area contributed by atoms with Gasteiger partial charge in [-0.05, 0) is 6.07 Å². The van der Waals surface area contributed by atoms with Gasteiger partial charge < -0.3 is 51.0 Å². The van der Waals surface area contributed by atoms with Gasteiger partial charge in [-0.25, -0.2) is 15.0 Å². The number of primary amides is 1. The minimum atomic E-state index is -0.737. The van der Waals surface area contributed by atoms with Gasteiger partial charge in [0.15, 0.2) is 17.5 Å². The molecule has 0 fully saturated rings. The zero-order valence-corrected chi connectivity index (χ0v) is 23.1. The van der Waals surface area contributed by atoms with Crippen LogP contribution in [0.5, 0.6) is 0 Å². The third-order valence-corrected chi connectivity index (χ3v) is 5.90. The number of amides is 5. The molecule has 18 heteroatoms. The second-order valence-corrected chi connectivity index (χ2v) is 9.28. The van der Waals surface area contributed by atoms with E-state index in [1.165, 1.54) is 38.4 Å². The second-order valence-electron chi connectivity index (χ2n) is 9.28. The SMILES string of the molecule is Cn1cc(N)cc1C(=O)Nc1cn(C)c(C(=O)Nc2cn(C)c(C(=O)NCCC(=O)Nc3cn(C)c(C(N)=O)n3)n2)n1. The van der Waals surface area contributed by atoms with E-state index in [0.29, 0.717) is 11.4 Å². The third kappa shape index (κ3) is 6.43. The van der Waals surface area contributed by atoms with E-state index in [1.54, 1.807) is 39.0 Å². The number of rotatable bonds is 10. The van der Waals surface area contributed by atoms with Gasteiger partial charge in [0.2, 0.25) is 23.4 Å². The molecule has 0 aliphatic rings. The molecule has 42 heavy (non-hydrogen) atoms. The maximum Gasteiger partial charge on any atom is 0.292 e. The molecule has 4 rings (SSSR count). The minimum Gasteiger partial charge on any atom is -0.397 e. The van der Waals surface area contributed by atoms with Crippen molar-refractivity contribution in [2.75, 3.05) is 28.2 Å². The van der Waals surface area contributed by atoms with Gasteiger partial charge in [-0.1, -0.05) is 0 Å². The number of aromatic nitrogens is 7. The van der Waals surface area contributed by atoms with Gasteiger partial charge in [0.1, 0.15) is 5.69 Å². The Bertz CT molecular complexity index is 1710. The molecule has 0 unspecified atom stereocenters. The number of aryl methyl sites for hydroxylation is 4. The van der Waals surface area contributed by atoms with Crippen LogP contribution in [0.3, 0.4) is 0 Å². The van der Waals surface area contributed by atoms with Gasteiger partial charge in [-0.15, -0.1) is 0 Å². The second kappa shape index (κ2) is 11.7. The van der Waals surface area contributed by atoms with Gasteiger partial charge in [0, 0.05) is 65.9 Å². The zero-order chi connectivity index (χ0) is 30.7. The molecule has 18 nitrogen and oxygen atoms in total. The van der Waals surface area contributed by atoms with Crippen LogP contribution in [0.25, 0.3) is 0 Å². The quantitative estimate of drug-likeness (QED) is 0.137. The topological polar surface area (TPSA) is 244 Å². The third-order valence-electron chi connectivity index (χ3n) is 5.90. The lowest BCUT2D eigenvalue weighted by Crippen LogP contribution is -2.29. The van der Waals surface area contributed by atoms with Crippen LogP contribution in [0, 0.1) is 0 Å². The van der Waals surface area contributed by atoms with Crippen LogP contribution in [0.4, 0.5) is 23.1 Å². The first-order valence-electron chi connectivity index (χ1n) is 12.3. The van der Waals surface area contributed by atoms with Crippen LogP contribution in [0.1, 0.15) is 48.8 Å². The Morgan fingerprint density at radius 1 is 0.690 bits per heavy atom. The molecule has 0 atom stereocenters. The fourth-order valence-corrected chi connectivity index (χ4v) is 3.97. The molecule has 5 amide bonds. The van der Waals surface area contributed by atoms with Crippen LogP contribution in [0.15, 0.2) is 30.9 Å². The number of nitrogens with two attached hydrogens (primary N) is 2. The molecule has 0 spiro atoms. The monoisotopic (exact) mass is 579 g/mol. The van der Waals surface area contributed by atoms with Crippen molar-refractivity contribution >= 4 is 52.7 Å². The van der Waals surface area contributed by atoms with Crippen molar-refractivity contribution in [3.63, 3.8) is 0 Å². The summed E-state index contributed by atoms with van der Waals surface area (Å²) in [7, 11) is 6.37. The summed E-state index contributed by atoms with van der Waals surface area (Å²) in [5.41, 5.74) is 11.7. The fourth-order valence-electron chi connectivity index (χ4n) is 3.97. The lowest BCUT2D eigenvalue weighted by Gasteiger charge is -2.05. The first-order valence-corrected chi connectivity index (χ1v) is 12.3. The molecular formula is C24H29N13O5. The van der Waals surface area contributed by atoms with Crippen molar-refractivity contribution in [2.24, 2.45) is 33.9 Å². The Kier molecular flexibility index (Phi) is 8.07. The lowest BCUT2D eigenvalue weighted by molar-refractivity contribution is -0.116. The van der Waals surface area contributed by atoms with E-state index in [-0.39, 0.29) is 47.9 Å². The predicted molar refractivity (Wildman–Crippen MR) is 149 cm³/mol. The highest BCUT2D eigenvalue weighted by atomic mass is 16.2. The number of hydrogen-bond acceptors (Lipinski definition) is 9. The normalized spacial score (nSPS) is 10.8. The molecule has 4 aromatic heterocycles. The average molecular weight is 580 g/mol. The van der Waals surface area contributed by atoms with Gasteiger partial charge in [-0.3, -0.25) is 24.0 Å². The summed E-state index contributed by atoms with van der Waals surface area (Å²) in [5.74, 6) is -2.52. The Hall–Kier alpha value is -5.94. The average Bonchev–Trinajstić information content (AvgIpc) is 3.64. The summed E-state index contributed by atoms with van der Waals surface area (Å²) in [6.07, 6.45) is 5.84. The summed E-state index contributed by atoms with van der Waals surface area (Å²) < 4.78 is 5.77. The van der Waals surface area contributed by atoms with Gasteiger partial charge in [0.05, 0.1) is 5.69 Å². The summed E-state index contributed by atoms with van der Waals surface area (Å²) in [6.45, 7) is -0.0220. The molecule has 8 N–H and O–H groups in total. The van der Waals surface area contributed by atoms with Crippen molar-refractivity contribution in [1.29, 1.82) is 0 Å². The molecule has 4 aromatic rings. The summed E-state index contributed by atoms with van der Waals surface area (Å²) in [6, 6.07) is 1.51. The molecular weight excluding hydrogens is 550 g/mol. The van der Waals surface area contributed by atoms with E-state index in [2.05, 4.69) is 36.2 Å². The highest BCUT2D eigenvalue weighted by Crippen LogP contribution is 2.15. The summed E-state index contributed by atoms with van der Waals surface area (Å²) in [4.78, 5) is 73.7. The number of nitrogens with one attached hydrogen (secondary N) is 4. The van der Waals surface area contributed by atoms with E-state index in [4.69, 9.17) is 11.5 Å². The lowest BCUT2D eigenvalue weighted by atomic mass is 10.4. The van der Waals surface area contributed by atoms with Crippen molar-refractivity contribution < 1.29 is 24.0 Å². The van der Waals surface area contributed by atoms with Crippen molar-refractivity contribution in [3.05, 3.63) is 54.0 Å². The molecule has 0 aliphatic carbocycles. The molecule has 0 aliphatic heterocycles. The van der Waals surface area contributed by atoms with Crippen molar-refractivity contribution in [2.45, 2.75) is 6.42 Å². The fraction of sp³-hybridized carbons (Fsp3) is 0.250. The van der Waals surface area contributed by atoms with E-state index in [1.807, 2.05) is 0 Å². The number of nitrogen functional groups attached to an aromatic ring is 1. The Morgan fingerprint density at radius 2 is 1.19 bits per heavy atom. The Morgan fingerprint density at radius 3 is 1.71 bits per heavy atom. The number of imidazole rings is 3. The minimum absolute atomic E-state index is 0.0135. The number of nitrogens with zero attached hydrogens (tertiary/aromatic N) is 7. The molecule has 4 heterocycles. The van der Waals surface area contributed by atoms with Crippen LogP contribution in [-0.2, 0) is 33.0 Å². The predicted octanol–water partition coefficient (Wildman–Crippen LogP) is -0.830. The van der Waals surface area contributed by atoms with E-state index in [0.717, 1.165) is 0 Å². The van der Waals surface area contributed by atoms with Gasteiger partial charge >= 0.3 is 0 Å². The Labute approximate surface area is 238 Å². The highest BCUT2D eigenvalue weighted by Gasteiger charge is 2.20. The van der Waals surface area contributed by atoms with Crippen molar-refractivity contribution in [1.82, 2.24) is 38.5 Å². The van der Waals surface area contributed by atoms with Crippen LogP contribution >= 0.6 is 0 Å². The van der Waals surface area contributed by atoms with Gasteiger partial charge in [-0.2, -0.15) is 0 Å². The highest BCUT2D eigenvalue weighted by molar-refractivity contribution is 6.05. The Balaban J connectivity index is 1.31.